The Morgan fingerprint density at radius 3 is 2.78 bits per heavy atom. The summed E-state index contributed by atoms with van der Waals surface area (Å²) in [6, 6.07) is 8.84. The van der Waals surface area contributed by atoms with Crippen molar-refractivity contribution >= 4 is 11.8 Å². The molecule has 0 saturated carbocycles. The highest BCUT2D eigenvalue weighted by Crippen LogP contribution is 2.26. The fraction of sp³-hybridized carbons (Fsp3) is 0.357. The van der Waals surface area contributed by atoms with Crippen molar-refractivity contribution in [2.75, 3.05) is 12.8 Å². The molecule has 1 aromatic carbocycles. The molecule has 1 unspecified atom stereocenters. The van der Waals surface area contributed by atoms with Crippen LogP contribution < -0.4 is 5.32 Å². The molecule has 0 radical (unpaired) electrons. The van der Waals surface area contributed by atoms with Gasteiger partial charge in [0.2, 0.25) is 0 Å². The van der Waals surface area contributed by atoms with Crippen LogP contribution in [0.25, 0.3) is 0 Å². The van der Waals surface area contributed by atoms with E-state index in [1.54, 1.807) is 0 Å². The minimum absolute atomic E-state index is 0.336. The van der Waals surface area contributed by atoms with Crippen molar-refractivity contribution in [2.45, 2.75) is 17.9 Å². The van der Waals surface area contributed by atoms with Gasteiger partial charge in [-0.1, -0.05) is 18.2 Å². The first-order chi connectivity index (χ1) is 8.70. The van der Waals surface area contributed by atoms with Crippen LogP contribution >= 0.6 is 11.8 Å². The number of hydrogen-bond acceptors (Lipinski definition) is 3. The summed E-state index contributed by atoms with van der Waals surface area (Å²) in [5, 5.41) is 7.57. The quantitative estimate of drug-likeness (QED) is 0.839. The van der Waals surface area contributed by atoms with E-state index in [-0.39, 0.29) is 0 Å². The maximum atomic E-state index is 4.23. The van der Waals surface area contributed by atoms with Crippen LogP contribution in [0.4, 0.5) is 0 Å². The number of benzene rings is 1. The lowest BCUT2D eigenvalue weighted by Gasteiger charge is -2.14. The molecule has 0 aliphatic rings. The lowest BCUT2D eigenvalue weighted by molar-refractivity contribution is 0.660. The molecule has 2 aromatic rings. The Hall–Kier alpha value is -1.26. The molecule has 1 atom stereocenters. The van der Waals surface area contributed by atoms with E-state index in [1.807, 2.05) is 36.7 Å². The van der Waals surface area contributed by atoms with Gasteiger partial charge in [0.25, 0.3) is 0 Å². The van der Waals surface area contributed by atoms with E-state index >= 15 is 0 Å². The predicted molar refractivity (Wildman–Crippen MR) is 76.9 cm³/mol. The van der Waals surface area contributed by atoms with Crippen LogP contribution in [0.3, 0.4) is 0 Å². The van der Waals surface area contributed by atoms with E-state index in [0.29, 0.717) is 6.04 Å². The molecule has 4 heteroatoms. The topological polar surface area (TPSA) is 29.9 Å². The molecule has 0 fully saturated rings. The van der Waals surface area contributed by atoms with Gasteiger partial charge in [0.05, 0.1) is 6.20 Å². The number of thioether (sulfide) groups is 1. The maximum Gasteiger partial charge on any atom is 0.0537 e. The van der Waals surface area contributed by atoms with E-state index in [0.717, 1.165) is 5.75 Å². The number of hydrogen-bond donors (Lipinski definition) is 1. The number of nitrogens with zero attached hydrogens (tertiary/aromatic N) is 2. The molecule has 18 heavy (non-hydrogen) atoms. The molecule has 3 nitrogen and oxygen atoms in total. The molecule has 0 amide bonds. The van der Waals surface area contributed by atoms with Crippen LogP contribution in [0.1, 0.15) is 17.2 Å². The number of nitrogens with one attached hydrogen (secondary N) is 1. The van der Waals surface area contributed by atoms with Crippen LogP contribution in [0.15, 0.2) is 41.6 Å². The third-order valence-corrected chi connectivity index (χ3v) is 4.24. The molecule has 1 N–H and O–H groups in total. The van der Waals surface area contributed by atoms with Gasteiger partial charge < -0.3 is 5.32 Å². The summed E-state index contributed by atoms with van der Waals surface area (Å²) in [6.45, 7) is 2.15. The Morgan fingerprint density at radius 2 is 2.17 bits per heavy atom. The third kappa shape index (κ3) is 3.15. The first-order valence-corrected chi connectivity index (χ1v) is 7.03. The number of rotatable bonds is 5. The maximum absolute atomic E-state index is 4.23. The van der Waals surface area contributed by atoms with E-state index in [1.165, 1.54) is 16.0 Å². The summed E-state index contributed by atoms with van der Waals surface area (Å²) in [5.74, 6) is 1.01. The van der Waals surface area contributed by atoms with Crippen molar-refractivity contribution in [2.24, 2.45) is 7.05 Å². The lowest BCUT2D eigenvalue weighted by Crippen LogP contribution is -2.18. The van der Waals surface area contributed by atoms with Gasteiger partial charge in [0.15, 0.2) is 0 Å². The standard InChI is InChI=1S/C14H19N3S/c1-11-6-4-5-7-14(11)18-10-13(15-2)12-8-16-17(3)9-12/h4-9,13,15H,10H2,1-3H3. The highest BCUT2D eigenvalue weighted by Gasteiger charge is 2.11. The molecule has 2 rings (SSSR count). The van der Waals surface area contributed by atoms with Crippen LogP contribution in [-0.4, -0.2) is 22.6 Å². The second kappa shape index (κ2) is 6.07. The Balaban J connectivity index is 2.02. The zero-order valence-electron chi connectivity index (χ0n) is 11.1. The van der Waals surface area contributed by atoms with Gasteiger partial charge in [0, 0.05) is 35.5 Å². The zero-order chi connectivity index (χ0) is 13.0. The summed E-state index contributed by atoms with van der Waals surface area (Å²) in [5.41, 5.74) is 2.57. The van der Waals surface area contributed by atoms with Crippen molar-refractivity contribution in [3.8, 4) is 0 Å². The van der Waals surface area contributed by atoms with E-state index in [2.05, 4.69) is 47.8 Å². The van der Waals surface area contributed by atoms with Gasteiger partial charge in [-0.25, -0.2) is 0 Å². The normalized spacial score (nSPS) is 12.6. The zero-order valence-corrected chi connectivity index (χ0v) is 11.9. The second-order valence-corrected chi connectivity index (χ2v) is 5.43. The van der Waals surface area contributed by atoms with E-state index < -0.39 is 0 Å². The van der Waals surface area contributed by atoms with Gasteiger partial charge in [-0.15, -0.1) is 11.8 Å². The van der Waals surface area contributed by atoms with Crippen molar-refractivity contribution in [1.82, 2.24) is 15.1 Å². The van der Waals surface area contributed by atoms with Crippen molar-refractivity contribution in [3.63, 3.8) is 0 Å². The summed E-state index contributed by atoms with van der Waals surface area (Å²) in [4.78, 5) is 1.35. The molecule has 0 spiro atoms. The second-order valence-electron chi connectivity index (χ2n) is 4.37. The van der Waals surface area contributed by atoms with Crippen molar-refractivity contribution in [1.29, 1.82) is 0 Å². The van der Waals surface area contributed by atoms with Gasteiger partial charge >= 0.3 is 0 Å². The first kappa shape index (κ1) is 13.2. The Bertz CT molecular complexity index is 507. The van der Waals surface area contributed by atoms with Crippen LogP contribution in [0.5, 0.6) is 0 Å². The van der Waals surface area contributed by atoms with E-state index in [4.69, 9.17) is 0 Å². The SMILES string of the molecule is CNC(CSc1ccccc1C)c1cnn(C)c1. The van der Waals surface area contributed by atoms with Gasteiger partial charge in [-0.3, -0.25) is 4.68 Å². The molecular weight excluding hydrogens is 242 g/mol. The summed E-state index contributed by atoms with van der Waals surface area (Å²) >= 11 is 1.88. The average Bonchev–Trinajstić information content (AvgIpc) is 2.79. The number of aryl methyl sites for hydroxylation is 2. The summed E-state index contributed by atoms with van der Waals surface area (Å²) in [6.07, 6.45) is 4.00. The summed E-state index contributed by atoms with van der Waals surface area (Å²) < 4.78 is 1.85. The fourth-order valence-electron chi connectivity index (χ4n) is 1.86. The fourth-order valence-corrected chi connectivity index (χ4v) is 3.03. The predicted octanol–water partition coefficient (Wildman–Crippen LogP) is 2.78. The minimum atomic E-state index is 0.336. The monoisotopic (exact) mass is 261 g/mol. The molecular formula is C14H19N3S. The average molecular weight is 261 g/mol. The van der Waals surface area contributed by atoms with Gasteiger partial charge in [-0.2, -0.15) is 5.10 Å². The van der Waals surface area contributed by atoms with Crippen molar-refractivity contribution in [3.05, 3.63) is 47.8 Å². The highest BCUT2D eigenvalue weighted by atomic mass is 32.2. The molecule has 1 aromatic heterocycles. The molecule has 0 aliphatic carbocycles. The lowest BCUT2D eigenvalue weighted by atomic mass is 10.2. The highest BCUT2D eigenvalue weighted by molar-refractivity contribution is 7.99. The Kier molecular flexibility index (Phi) is 4.44. The van der Waals surface area contributed by atoms with Crippen LogP contribution in [0.2, 0.25) is 0 Å². The number of aromatic nitrogens is 2. The smallest absolute Gasteiger partial charge is 0.0537 e. The Morgan fingerprint density at radius 1 is 1.39 bits per heavy atom. The van der Waals surface area contributed by atoms with Gasteiger partial charge in [0.1, 0.15) is 0 Å². The molecule has 0 saturated heterocycles. The van der Waals surface area contributed by atoms with Crippen molar-refractivity contribution < 1.29 is 0 Å². The molecule has 0 bridgehead atoms. The summed E-state index contributed by atoms with van der Waals surface area (Å²) in [7, 11) is 3.95. The first-order valence-electron chi connectivity index (χ1n) is 6.05. The van der Waals surface area contributed by atoms with Crippen LogP contribution in [-0.2, 0) is 7.05 Å². The van der Waals surface area contributed by atoms with Gasteiger partial charge in [-0.05, 0) is 25.6 Å². The Labute approximate surface area is 113 Å². The molecule has 1 heterocycles. The van der Waals surface area contributed by atoms with Crippen LogP contribution in [0, 0.1) is 6.92 Å². The molecule has 0 aliphatic heterocycles. The third-order valence-electron chi connectivity index (χ3n) is 2.97. The van der Waals surface area contributed by atoms with E-state index in [9.17, 15) is 0 Å². The largest absolute Gasteiger partial charge is 0.312 e. The minimum Gasteiger partial charge on any atom is -0.312 e. The molecule has 96 valence electrons.